The second kappa shape index (κ2) is 6.10. The molecule has 0 unspecified atom stereocenters. The van der Waals surface area contributed by atoms with Crippen LogP contribution < -0.4 is 11.4 Å². The monoisotopic (exact) mass is 356 g/mol. The van der Waals surface area contributed by atoms with E-state index in [1.807, 2.05) is 35.7 Å². The van der Waals surface area contributed by atoms with E-state index in [0.29, 0.717) is 33.5 Å². The Morgan fingerprint density at radius 2 is 2.08 bits per heavy atom. The highest BCUT2D eigenvalue weighted by Crippen LogP contribution is 2.26. The van der Waals surface area contributed by atoms with E-state index in [2.05, 4.69) is 20.2 Å². The summed E-state index contributed by atoms with van der Waals surface area (Å²) in [5, 5.41) is 11.3. The summed E-state index contributed by atoms with van der Waals surface area (Å²) in [6, 6.07) is 11.1. The number of aromatic amines is 1. The number of thiophene rings is 1. The van der Waals surface area contributed by atoms with Gasteiger partial charge in [0.2, 0.25) is 5.16 Å². The molecular formula is C15H12N6OS2. The molecule has 24 heavy (non-hydrogen) atoms. The van der Waals surface area contributed by atoms with Crippen molar-refractivity contribution in [2.24, 2.45) is 0 Å². The molecule has 9 heteroatoms. The zero-order chi connectivity index (χ0) is 16.5. The third-order valence-corrected chi connectivity index (χ3v) is 5.23. The molecule has 0 atom stereocenters. The van der Waals surface area contributed by atoms with E-state index in [4.69, 9.17) is 5.84 Å². The molecule has 1 aromatic carbocycles. The minimum atomic E-state index is -0.148. The lowest BCUT2D eigenvalue weighted by atomic mass is 10.2. The third kappa shape index (κ3) is 2.68. The lowest BCUT2D eigenvalue weighted by Gasteiger charge is -2.03. The van der Waals surface area contributed by atoms with E-state index >= 15 is 0 Å². The molecule has 0 aliphatic carbocycles. The van der Waals surface area contributed by atoms with Crippen molar-refractivity contribution in [1.82, 2.24) is 24.8 Å². The first-order valence-electron chi connectivity index (χ1n) is 7.07. The van der Waals surface area contributed by atoms with Crippen LogP contribution in [0, 0.1) is 0 Å². The molecule has 0 aliphatic rings. The number of thioether (sulfide) groups is 1. The van der Waals surface area contributed by atoms with Crippen molar-refractivity contribution in [1.29, 1.82) is 0 Å². The Labute approximate surface area is 144 Å². The summed E-state index contributed by atoms with van der Waals surface area (Å²) in [4.78, 5) is 20.3. The fourth-order valence-electron chi connectivity index (χ4n) is 2.29. The van der Waals surface area contributed by atoms with Gasteiger partial charge in [0.25, 0.3) is 5.56 Å². The maximum atomic E-state index is 12.1. The van der Waals surface area contributed by atoms with Crippen LogP contribution in [0.1, 0.15) is 5.82 Å². The molecule has 3 aromatic heterocycles. The van der Waals surface area contributed by atoms with E-state index in [1.54, 1.807) is 17.4 Å². The van der Waals surface area contributed by atoms with Gasteiger partial charge in [-0.3, -0.25) is 4.79 Å². The number of aromatic nitrogens is 5. The number of hydrogen-bond acceptors (Lipinski definition) is 7. The Balaban J connectivity index is 1.59. The molecule has 0 saturated carbocycles. The van der Waals surface area contributed by atoms with Gasteiger partial charge in [-0.05, 0) is 23.6 Å². The van der Waals surface area contributed by atoms with Crippen LogP contribution in [-0.2, 0) is 5.75 Å². The van der Waals surface area contributed by atoms with Gasteiger partial charge in [0.05, 0.1) is 21.5 Å². The predicted molar refractivity (Wildman–Crippen MR) is 95.4 cm³/mol. The number of nitrogens with zero attached hydrogens (tertiary/aromatic N) is 4. The van der Waals surface area contributed by atoms with Crippen LogP contribution in [0.4, 0.5) is 0 Å². The van der Waals surface area contributed by atoms with Crippen LogP contribution in [-0.4, -0.2) is 24.8 Å². The molecule has 0 radical (unpaired) electrons. The van der Waals surface area contributed by atoms with Crippen molar-refractivity contribution in [3.8, 4) is 10.7 Å². The highest BCUT2D eigenvalue weighted by atomic mass is 32.2. The Bertz CT molecular complexity index is 1050. The zero-order valence-electron chi connectivity index (χ0n) is 12.3. The average Bonchev–Trinajstić information content (AvgIpc) is 3.23. The lowest BCUT2D eigenvalue weighted by molar-refractivity contribution is 0.848. The van der Waals surface area contributed by atoms with E-state index < -0.39 is 0 Å². The quantitative estimate of drug-likeness (QED) is 0.429. The van der Waals surface area contributed by atoms with E-state index in [0.717, 1.165) is 4.88 Å². The Morgan fingerprint density at radius 3 is 2.92 bits per heavy atom. The van der Waals surface area contributed by atoms with Crippen molar-refractivity contribution in [3.63, 3.8) is 0 Å². The van der Waals surface area contributed by atoms with Crippen LogP contribution >= 0.6 is 23.1 Å². The number of rotatable bonds is 4. The smallest absolute Gasteiger partial charge is 0.258 e. The Kier molecular flexibility index (Phi) is 3.79. The van der Waals surface area contributed by atoms with E-state index in [-0.39, 0.29) is 5.56 Å². The van der Waals surface area contributed by atoms with Gasteiger partial charge in [-0.1, -0.05) is 30.0 Å². The van der Waals surface area contributed by atoms with Gasteiger partial charge in [-0.2, -0.15) is 0 Å². The molecule has 0 bridgehead atoms. The molecule has 4 aromatic rings. The molecule has 0 amide bonds. The molecule has 0 aliphatic heterocycles. The molecule has 0 fully saturated rings. The number of H-pyrrole nitrogens is 1. The van der Waals surface area contributed by atoms with Crippen molar-refractivity contribution in [3.05, 3.63) is 58.0 Å². The fourth-order valence-corrected chi connectivity index (χ4v) is 3.72. The second-order valence-electron chi connectivity index (χ2n) is 4.97. The van der Waals surface area contributed by atoms with Gasteiger partial charge in [-0.25, -0.2) is 9.66 Å². The Morgan fingerprint density at radius 1 is 1.21 bits per heavy atom. The van der Waals surface area contributed by atoms with Gasteiger partial charge in [-0.15, -0.1) is 21.5 Å². The first kappa shape index (κ1) is 14.9. The minimum Gasteiger partial charge on any atom is -0.335 e. The number of fused-ring (bicyclic) bond motifs is 1. The van der Waals surface area contributed by atoms with Crippen LogP contribution in [0.2, 0.25) is 0 Å². The highest BCUT2D eigenvalue weighted by Gasteiger charge is 2.13. The molecule has 3 heterocycles. The van der Waals surface area contributed by atoms with Crippen molar-refractivity contribution < 1.29 is 0 Å². The number of nitrogens with two attached hydrogens (primary N) is 1. The summed E-state index contributed by atoms with van der Waals surface area (Å²) in [5.41, 5.74) is 0.523. The zero-order valence-corrected chi connectivity index (χ0v) is 14.0. The van der Waals surface area contributed by atoms with Gasteiger partial charge >= 0.3 is 0 Å². The van der Waals surface area contributed by atoms with Crippen molar-refractivity contribution in [2.75, 3.05) is 5.84 Å². The van der Waals surface area contributed by atoms with Crippen LogP contribution in [0.3, 0.4) is 0 Å². The molecule has 3 N–H and O–H groups in total. The van der Waals surface area contributed by atoms with Crippen LogP contribution in [0.5, 0.6) is 0 Å². The summed E-state index contributed by atoms with van der Waals surface area (Å²) in [7, 11) is 0. The SMILES string of the molecule is Nn1c(SCc2nc3ccccc3c(=O)[nH]2)nnc1-c1cccs1. The molecule has 4 rings (SSSR count). The molecule has 120 valence electrons. The first-order chi connectivity index (χ1) is 11.7. The van der Waals surface area contributed by atoms with Gasteiger partial charge in [0.1, 0.15) is 5.82 Å². The number of benzene rings is 1. The number of para-hydroxylation sites is 1. The van der Waals surface area contributed by atoms with Crippen LogP contribution in [0.25, 0.3) is 21.6 Å². The third-order valence-electron chi connectivity index (χ3n) is 3.41. The predicted octanol–water partition coefficient (Wildman–Crippen LogP) is 2.25. The summed E-state index contributed by atoms with van der Waals surface area (Å²) in [6.07, 6.45) is 0. The molecular weight excluding hydrogens is 344 g/mol. The molecule has 0 saturated heterocycles. The lowest BCUT2D eigenvalue weighted by Crippen LogP contribution is -2.13. The van der Waals surface area contributed by atoms with Crippen molar-refractivity contribution in [2.45, 2.75) is 10.9 Å². The number of hydrogen-bond donors (Lipinski definition) is 2. The minimum absolute atomic E-state index is 0.148. The fraction of sp³-hybridized carbons (Fsp3) is 0.0667. The van der Waals surface area contributed by atoms with Gasteiger partial charge < -0.3 is 10.8 Å². The Hall–Kier alpha value is -2.65. The summed E-state index contributed by atoms with van der Waals surface area (Å²) >= 11 is 2.92. The van der Waals surface area contributed by atoms with E-state index in [1.165, 1.54) is 16.4 Å². The maximum Gasteiger partial charge on any atom is 0.258 e. The van der Waals surface area contributed by atoms with Crippen molar-refractivity contribution >= 4 is 34.0 Å². The second-order valence-corrected chi connectivity index (χ2v) is 6.86. The van der Waals surface area contributed by atoms with E-state index in [9.17, 15) is 4.79 Å². The highest BCUT2D eigenvalue weighted by molar-refractivity contribution is 7.98. The van der Waals surface area contributed by atoms with Gasteiger partial charge in [0, 0.05) is 0 Å². The van der Waals surface area contributed by atoms with Crippen LogP contribution in [0.15, 0.2) is 51.7 Å². The number of nitrogens with one attached hydrogen (secondary N) is 1. The van der Waals surface area contributed by atoms with Gasteiger partial charge in [0.15, 0.2) is 5.82 Å². The number of nitrogen functional groups attached to an aromatic ring is 1. The maximum absolute atomic E-state index is 12.1. The topological polar surface area (TPSA) is 102 Å². The normalized spacial score (nSPS) is 11.2. The molecule has 0 spiro atoms. The summed E-state index contributed by atoms with van der Waals surface area (Å²) < 4.78 is 1.45. The summed E-state index contributed by atoms with van der Waals surface area (Å²) in [6.45, 7) is 0. The molecule has 7 nitrogen and oxygen atoms in total. The summed E-state index contributed by atoms with van der Waals surface area (Å²) in [5.74, 6) is 7.70. The average molecular weight is 356 g/mol. The largest absolute Gasteiger partial charge is 0.335 e. The first-order valence-corrected chi connectivity index (χ1v) is 8.94. The standard InChI is InChI=1S/C15H12N6OS2/c16-21-13(11-6-3-7-23-11)19-20-15(21)24-8-12-17-10-5-2-1-4-9(10)14(22)18-12/h1-7H,8,16H2,(H,17,18,22).